The minimum absolute atomic E-state index is 0.701. The molecule has 1 nitrogen and oxygen atoms in total. The normalized spacial score (nSPS) is 30.0. The molecule has 1 aliphatic carbocycles. The Labute approximate surface area is 102 Å². The Hall–Kier alpha value is -0.0400. The van der Waals surface area contributed by atoms with Crippen LogP contribution in [0.5, 0.6) is 0 Å². The molecule has 0 bridgehead atoms. The summed E-state index contributed by atoms with van der Waals surface area (Å²) in [6, 6.07) is 1.50. The molecule has 0 aromatic rings. The molecular formula is C15H31N. The maximum atomic E-state index is 3.89. The van der Waals surface area contributed by atoms with Crippen molar-refractivity contribution in [1.29, 1.82) is 0 Å². The van der Waals surface area contributed by atoms with Crippen LogP contribution in [-0.2, 0) is 0 Å². The number of rotatable bonds is 6. The van der Waals surface area contributed by atoms with Crippen LogP contribution in [0.1, 0.15) is 72.6 Å². The van der Waals surface area contributed by atoms with Gasteiger partial charge in [0.15, 0.2) is 0 Å². The Balaban J connectivity index is 2.32. The van der Waals surface area contributed by atoms with Crippen LogP contribution in [0.2, 0.25) is 0 Å². The first kappa shape index (κ1) is 14.0. The highest BCUT2D eigenvalue weighted by Gasteiger charge is 2.24. The second kappa shape index (κ2) is 7.32. The molecule has 16 heavy (non-hydrogen) atoms. The highest BCUT2D eigenvalue weighted by Crippen LogP contribution is 2.27. The van der Waals surface area contributed by atoms with E-state index in [1.807, 2.05) is 0 Å². The molecule has 0 radical (unpaired) electrons. The van der Waals surface area contributed by atoms with E-state index < -0.39 is 0 Å². The van der Waals surface area contributed by atoms with Crippen molar-refractivity contribution in [3.05, 3.63) is 0 Å². The maximum absolute atomic E-state index is 3.89. The van der Waals surface area contributed by atoms with Gasteiger partial charge < -0.3 is 5.32 Å². The van der Waals surface area contributed by atoms with Crippen LogP contribution in [0.4, 0.5) is 0 Å². The van der Waals surface area contributed by atoms with Gasteiger partial charge in [0, 0.05) is 12.1 Å². The molecule has 0 aromatic heterocycles. The smallest absolute Gasteiger partial charge is 0.00977 e. The average Bonchev–Trinajstić information content (AvgIpc) is 2.29. The molecule has 0 aromatic carbocycles. The van der Waals surface area contributed by atoms with Gasteiger partial charge in [-0.1, -0.05) is 46.5 Å². The highest BCUT2D eigenvalue weighted by atomic mass is 15.0. The second-order valence-corrected chi connectivity index (χ2v) is 5.88. The molecule has 0 saturated heterocycles. The van der Waals surface area contributed by atoms with Gasteiger partial charge in [0.05, 0.1) is 0 Å². The van der Waals surface area contributed by atoms with Crippen LogP contribution < -0.4 is 5.32 Å². The molecule has 1 N–H and O–H groups in total. The number of hydrogen-bond acceptors (Lipinski definition) is 1. The summed E-state index contributed by atoms with van der Waals surface area (Å²) in [5.74, 6) is 1.80. The molecule has 0 amide bonds. The zero-order valence-corrected chi connectivity index (χ0v) is 11.8. The summed E-state index contributed by atoms with van der Waals surface area (Å²) in [6.45, 7) is 9.39. The standard InChI is InChI=1S/C15H31N/c1-5-12(3)11-13(4)16-15-10-8-7-9-14(15)6-2/h12-16H,5-11H2,1-4H3. The molecule has 0 aliphatic heterocycles. The molecule has 4 atom stereocenters. The van der Waals surface area contributed by atoms with Crippen molar-refractivity contribution in [3.63, 3.8) is 0 Å². The average molecular weight is 225 g/mol. The molecule has 1 fully saturated rings. The van der Waals surface area contributed by atoms with Crippen molar-refractivity contribution >= 4 is 0 Å². The van der Waals surface area contributed by atoms with E-state index in [2.05, 4.69) is 33.0 Å². The lowest BCUT2D eigenvalue weighted by molar-refractivity contribution is 0.229. The topological polar surface area (TPSA) is 12.0 Å². The van der Waals surface area contributed by atoms with Crippen molar-refractivity contribution in [1.82, 2.24) is 5.32 Å². The van der Waals surface area contributed by atoms with E-state index in [9.17, 15) is 0 Å². The molecule has 1 heteroatoms. The van der Waals surface area contributed by atoms with Crippen molar-refractivity contribution in [3.8, 4) is 0 Å². The van der Waals surface area contributed by atoms with E-state index in [1.165, 1.54) is 44.9 Å². The summed E-state index contributed by atoms with van der Waals surface area (Å²) >= 11 is 0. The number of nitrogens with one attached hydrogen (secondary N) is 1. The van der Waals surface area contributed by atoms with Crippen molar-refractivity contribution in [2.24, 2.45) is 11.8 Å². The SMILES string of the molecule is CCC(C)CC(C)NC1CCCCC1CC. The fourth-order valence-electron chi connectivity index (χ4n) is 3.12. The van der Waals surface area contributed by atoms with Gasteiger partial charge >= 0.3 is 0 Å². The molecule has 0 spiro atoms. The fraction of sp³-hybridized carbons (Fsp3) is 1.00. The Morgan fingerprint density at radius 1 is 1.12 bits per heavy atom. The monoisotopic (exact) mass is 225 g/mol. The van der Waals surface area contributed by atoms with Gasteiger partial charge in [0.1, 0.15) is 0 Å². The summed E-state index contributed by atoms with van der Waals surface area (Å²) in [6.07, 6.45) is 9.75. The predicted molar refractivity (Wildman–Crippen MR) is 72.7 cm³/mol. The van der Waals surface area contributed by atoms with Crippen LogP contribution in [0.25, 0.3) is 0 Å². The predicted octanol–water partition coefficient (Wildman–Crippen LogP) is 4.37. The Kier molecular flexibility index (Phi) is 6.41. The van der Waals surface area contributed by atoms with E-state index in [0.717, 1.165) is 17.9 Å². The van der Waals surface area contributed by atoms with Crippen LogP contribution in [0.3, 0.4) is 0 Å². The van der Waals surface area contributed by atoms with Gasteiger partial charge in [-0.15, -0.1) is 0 Å². The van der Waals surface area contributed by atoms with Gasteiger partial charge in [-0.2, -0.15) is 0 Å². The van der Waals surface area contributed by atoms with Gasteiger partial charge in [-0.25, -0.2) is 0 Å². The summed E-state index contributed by atoms with van der Waals surface area (Å²) in [4.78, 5) is 0. The molecule has 96 valence electrons. The van der Waals surface area contributed by atoms with Gasteiger partial charge in [-0.3, -0.25) is 0 Å². The minimum Gasteiger partial charge on any atom is -0.311 e. The van der Waals surface area contributed by atoms with Crippen LogP contribution in [0.15, 0.2) is 0 Å². The summed E-state index contributed by atoms with van der Waals surface area (Å²) in [5, 5.41) is 3.89. The third-order valence-corrected chi connectivity index (χ3v) is 4.38. The van der Waals surface area contributed by atoms with E-state index in [4.69, 9.17) is 0 Å². The first-order valence-electron chi connectivity index (χ1n) is 7.43. The molecule has 4 unspecified atom stereocenters. The lowest BCUT2D eigenvalue weighted by Crippen LogP contribution is -2.43. The van der Waals surface area contributed by atoms with Gasteiger partial charge in [0.25, 0.3) is 0 Å². The lowest BCUT2D eigenvalue weighted by Gasteiger charge is -2.34. The molecule has 1 aliphatic rings. The second-order valence-electron chi connectivity index (χ2n) is 5.88. The zero-order chi connectivity index (χ0) is 12.0. The number of hydrogen-bond donors (Lipinski definition) is 1. The first-order valence-corrected chi connectivity index (χ1v) is 7.43. The van der Waals surface area contributed by atoms with Crippen LogP contribution in [-0.4, -0.2) is 12.1 Å². The van der Waals surface area contributed by atoms with Crippen LogP contribution >= 0.6 is 0 Å². The van der Waals surface area contributed by atoms with E-state index >= 15 is 0 Å². The van der Waals surface area contributed by atoms with Gasteiger partial charge in [0.2, 0.25) is 0 Å². The lowest BCUT2D eigenvalue weighted by atomic mass is 9.82. The van der Waals surface area contributed by atoms with Crippen LogP contribution in [0, 0.1) is 11.8 Å². The summed E-state index contributed by atoms with van der Waals surface area (Å²) in [5.41, 5.74) is 0. The molecule has 1 saturated carbocycles. The van der Waals surface area contributed by atoms with Gasteiger partial charge in [-0.05, 0) is 38.0 Å². The zero-order valence-electron chi connectivity index (χ0n) is 11.8. The third kappa shape index (κ3) is 4.45. The van der Waals surface area contributed by atoms with E-state index in [-0.39, 0.29) is 0 Å². The Bertz CT molecular complexity index is 178. The third-order valence-electron chi connectivity index (χ3n) is 4.38. The maximum Gasteiger partial charge on any atom is 0.00977 e. The fourth-order valence-corrected chi connectivity index (χ4v) is 3.12. The van der Waals surface area contributed by atoms with E-state index in [0.29, 0.717) is 6.04 Å². The molecule has 0 heterocycles. The van der Waals surface area contributed by atoms with Crippen molar-refractivity contribution in [2.45, 2.75) is 84.7 Å². The summed E-state index contributed by atoms with van der Waals surface area (Å²) < 4.78 is 0. The summed E-state index contributed by atoms with van der Waals surface area (Å²) in [7, 11) is 0. The molecule has 1 rings (SSSR count). The minimum atomic E-state index is 0.701. The molecular weight excluding hydrogens is 194 g/mol. The van der Waals surface area contributed by atoms with Crippen molar-refractivity contribution in [2.75, 3.05) is 0 Å². The Morgan fingerprint density at radius 3 is 2.44 bits per heavy atom. The van der Waals surface area contributed by atoms with Crippen molar-refractivity contribution < 1.29 is 0 Å². The quantitative estimate of drug-likeness (QED) is 0.708. The first-order chi connectivity index (χ1) is 7.67. The highest BCUT2D eigenvalue weighted by molar-refractivity contribution is 4.82. The van der Waals surface area contributed by atoms with E-state index in [1.54, 1.807) is 0 Å². The largest absolute Gasteiger partial charge is 0.311 e. The Morgan fingerprint density at radius 2 is 1.81 bits per heavy atom.